The summed E-state index contributed by atoms with van der Waals surface area (Å²) in [4.78, 5) is 22.4. The van der Waals surface area contributed by atoms with Gasteiger partial charge in [-0.2, -0.15) is 0 Å². The molecule has 0 saturated heterocycles. The van der Waals surface area contributed by atoms with Crippen LogP contribution in [-0.4, -0.2) is 31.4 Å². The summed E-state index contributed by atoms with van der Waals surface area (Å²) in [6, 6.07) is 9.36. The van der Waals surface area contributed by atoms with Crippen LogP contribution in [0, 0.1) is 13.8 Å². The van der Waals surface area contributed by atoms with Gasteiger partial charge in [0.2, 0.25) is 0 Å². The second-order valence-corrected chi connectivity index (χ2v) is 7.90. The van der Waals surface area contributed by atoms with Crippen molar-refractivity contribution in [2.75, 3.05) is 7.11 Å². The Morgan fingerprint density at radius 1 is 1.12 bits per heavy atom. The summed E-state index contributed by atoms with van der Waals surface area (Å²) in [5, 5.41) is 4.91. The van der Waals surface area contributed by atoms with Crippen molar-refractivity contribution < 1.29 is 9.26 Å². The van der Waals surface area contributed by atoms with E-state index in [-0.39, 0.29) is 11.7 Å². The van der Waals surface area contributed by atoms with Crippen molar-refractivity contribution in [1.29, 1.82) is 0 Å². The van der Waals surface area contributed by atoms with E-state index in [4.69, 9.17) is 9.26 Å². The van der Waals surface area contributed by atoms with Gasteiger partial charge in [-0.3, -0.25) is 19.1 Å². The Labute approximate surface area is 197 Å². The number of fused-ring (bicyclic) bond motifs is 3. The summed E-state index contributed by atoms with van der Waals surface area (Å²) in [5.74, 6) is 1.37. The van der Waals surface area contributed by atoms with Gasteiger partial charge >= 0.3 is 5.69 Å². The Bertz CT molecular complexity index is 1510. The highest BCUT2D eigenvalue weighted by Gasteiger charge is 2.23. The van der Waals surface area contributed by atoms with Crippen molar-refractivity contribution in [1.82, 2.24) is 24.3 Å². The maximum absolute atomic E-state index is 13.3. The first-order valence-electron chi connectivity index (χ1n) is 11.3. The molecule has 0 aliphatic heterocycles. The van der Waals surface area contributed by atoms with Gasteiger partial charge in [0.05, 0.1) is 52.8 Å². The number of hydrogen-bond acceptors (Lipinski definition) is 6. The molecule has 0 aliphatic rings. The molecule has 0 aliphatic carbocycles. The molecule has 0 amide bonds. The molecule has 0 bridgehead atoms. The van der Waals surface area contributed by atoms with E-state index in [9.17, 15) is 4.79 Å². The van der Waals surface area contributed by atoms with Crippen LogP contribution in [0.4, 0.5) is 0 Å². The number of ether oxygens (including phenoxy) is 1. The van der Waals surface area contributed by atoms with Crippen LogP contribution in [0.1, 0.15) is 44.0 Å². The maximum Gasteiger partial charge on any atom is 0.329 e. The maximum atomic E-state index is 13.3. The van der Waals surface area contributed by atoms with Gasteiger partial charge < -0.3 is 9.26 Å². The van der Waals surface area contributed by atoms with E-state index in [1.165, 1.54) is 0 Å². The number of pyridine rings is 2. The molecule has 4 heterocycles. The molecule has 176 valence electrons. The Morgan fingerprint density at radius 3 is 2.50 bits per heavy atom. The third-order valence-corrected chi connectivity index (χ3v) is 6.04. The highest BCUT2D eigenvalue weighted by molar-refractivity contribution is 6.05. The number of rotatable bonds is 4. The monoisotopic (exact) mass is 459 g/mol. The molecule has 0 spiro atoms. The third kappa shape index (κ3) is 3.55. The van der Waals surface area contributed by atoms with Crippen LogP contribution >= 0.6 is 0 Å². The van der Waals surface area contributed by atoms with Crippen molar-refractivity contribution in [3.05, 3.63) is 70.4 Å². The van der Waals surface area contributed by atoms with Crippen molar-refractivity contribution in [2.45, 2.75) is 40.7 Å². The molecule has 4 aromatic heterocycles. The molecule has 1 atom stereocenters. The summed E-state index contributed by atoms with van der Waals surface area (Å²) >= 11 is 0. The molecule has 0 fully saturated rings. The fraction of sp³-hybridized carbons (Fsp3) is 0.308. The fourth-order valence-corrected chi connectivity index (χ4v) is 4.40. The molecular weight excluding hydrogens is 430 g/mol. The number of benzene rings is 1. The molecular formula is C26H29N5O3. The van der Waals surface area contributed by atoms with E-state index in [0.29, 0.717) is 11.5 Å². The lowest BCUT2D eigenvalue weighted by Gasteiger charge is -2.15. The molecule has 0 radical (unpaired) electrons. The molecule has 1 aromatic carbocycles. The topological polar surface area (TPSA) is 88.0 Å². The van der Waals surface area contributed by atoms with Gasteiger partial charge in [0.15, 0.2) is 0 Å². The highest BCUT2D eigenvalue weighted by atomic mass is 16.5. The minimum atomic E-state index is -0.258. The number of hydrogen-bond donors (Lipinski definition) is 0. The molecule has 1 unspecified atom stereocenters. The molecule has 8 heteroatoms. The van der Waals surface area contributed by atoms with Gasteiger partial charge in [-0.05, 0) is 45.0 Å². The minimum Gasteiger partial charge on any atom is -0.496 e. The summed E-state index contributed by atoms with van der Waals surface area (Å²) in [7, 11) is 3.39. The summed E-state index contributed by atoms with van der Waals surface area (Å²) in [6.45, 7) is 9.75. The van der Waals surface area contributed by atoms with Crippen LogP contribution in [0.5, 0.6) is 5.75 Å². The lowest BCUT2D eigenvalue weighted by Crippen LogP contribution is -2.25. The lowest BCUT2D eigenvalue weighted by atomic mass is 10.0. The largest absolute Gasteiger partial charge is 0.496 e. The normalized spacial score (nSPS) is 12.0. The van der Waals surface area contributed by atoms with Crippen molar-refractivity contribution in [3.63, 3.8) is 0 Å². The Hall–Kier alpha value is -3.94. The molecule has 5 aromatic rings. The first-order chi connectivity index (χ1) is 16.4. The number of methoxy groups -OCH3 is 1. The summed E-state index contributed by atoms with van der Waals surface area (Å²) < 4.78 is 14.5. The van der Waals surface area contributed by atoms with Crippen LogP contribution in [0.15, 0.2) is 52.0 Å². The van der Waals surface area contributed by atoms with Crippen molar-refractivity contribution in [2.24, 2.45) is 7.05 Å². The van der Waals surface area contributed by atoms with Gasteiger partial charge in [-0.1, -0.05) is 25.1 Å². The average molecular weight is 460 g/mol. The number of nitrogens with zero attached hydrogens (tertiary/aromatic N) is 5. The van der Waals surface area contributed by atoms with E-state index in [1.807, 2.05) is 65.0 Å². The predicted octanol–water partition coefficient (Wildman–Crippen LogP) is 5.20. The summed E-state index contributed by atoms with van der Waals surface area (Å²) in [5.41, 5.74) is 5.50. The molecule has 34 heavy (non-hydrogen) atoms. The number of aryl methyl sites for hydroxylation is 3. The highest BCUT2D eigenvalue weighted by Crippen LogP contribution is 2.39. The average Bonchev–Trinajstić information content (AvgIpc) is 3.34. The Balaban J connectivity index is 0.00000133. The van der Waals surface area contributed by atoms with Crippen LogP contribution in [0.3, 0.4) is 0 Å². The zero-order valence-corrected chi connectivity index (χ0v) is 20.6. The van der Waals surface area contributed by atoms with E-state index in [2.05, 4.69) is 15.1 Å². The van der Waals surface area contributed by atoms with E-state index in [0.717, 1.165) is 44.5 Å². The van der Waals surface area contributed by atoms with Crippen molar-refractivity contribution >= 4 is 21.9 Å². The smallest absolute Gasteiger partial charge is 0.329 e. The second-order valence-electron chi connectivity index (χ2n) is 7.90. The van der Waals surface area contributed by atoms with Crippen LogP contribution in [0.25, 0.3) is 33.1 Å². The van der Waals surface area contributed by atoms with Crippen LogP contribution < -0.4 is 10.4 Å². The van der Waals surface area contributed by atoms with Gasteiger partial charge in [0.25, 0.3) is 0 Å². The standard InChI is InChI=1S/C24H23N5O3.C2H6/c1-13-22(15(3)32-27-13)17-10-19-16(11-21(17)31-5)23-20(12-26-19)28(4)24(30)29(23)14(2)18-8-6-7-9-25-18;1-2/h6-12,14H,1-5H3;1-2H3. The first kappa shape index (κ1) is 23.2. The zero-order valence-electron chi connectivity index (χ0n) is 20.6. The molecule has 8 nitrogen and oxygen atoms in total. The molecule has 0 saturated carbocycles. The quantitative estimate of drug-likeness (QED) is 0.367. The van der Waals surface area contributed by atoms with Gasteiger partial charge in [-0.25, -0.2) is 4.79 Å². The van der Waals surface area contributed by atoms with E-state index >= 15 is 0 Å². The first-order valence-corrected chi connectivity index (χ1v) is 11.3. The van der Waals surface area contributed by atoms with E-state index < -0.39 is 0 Å². The Kier molecular flexibility index (Phi) is 6.24. The van der Waals surface area contributed by atoms with Gasteiger partial charge in [0, 0.05) is 24.2 Å². The van der Waals surface area contributed by atoms with Gasteiger partial charge in [-0.15, -0.1) is 0 Å². The molecule has 5 rings (SSSR count). The van der Waals surface area contributed by atoms with Crippen LogP contribution in [-0.2, 0) is 7.05 Å². The SMILES string of the molecule is CC.COc1cc2c(cc1-c1c(C)noc1C)ncc1c2n(C(C)c2ccccn2)c(=O)n1C. The Morgan fingerprint density at radius 2 is 1.88 bits per heavy atom. The van der Waals surface area contributed by atoms with Crippen molar-refractivity contribution in [3.8, 4) is 16.9 Å². The van der Waals surface area contributed by atoms with Crippen LogP contribution in [0.2, 0.25) is 0 Å². The second kappa shape index (κ2) is 9.13. The minimum absolute atomic E-state index is 0.124. The predicted molar refractivity (Wildman–Crippen MR) is 133 cm³/mol. The lowest BCUT2D eigenvalue weighted by molar-refractivity contribution is 0.393. The summed E-state index contributed by atoms with van der Waals surface area (Å²) in [6.07, 6.45) is 3.48. The number of aromatic nitrogens is 5. The third-order valence-electron chi connectivity index (χ3n) is 6.04. The van der Waals surface area contributed by atoms with E-state index in [1.54, 1.807) is 35.7 Å². The van der Waals surface area contributed by atoms with Gasteiger partial charge in [0.1, 0.15) is 11.5 Å². The fourth-order valence-electron chi connectivity index (χ4n) is 4.40. The molecule has 0 N–H and O–H groups in total. The zero-order chi connectivity index (χ0) is 24.6. The number of imidazole rings is 1.